The van der Waals surface area contributed by atoms with Crippen LogP contribution in [0.1, 0.15) is 20.8 Å². The molecule has 2 aromatic rings. The van der Waals surface area contributed by atoms with E-state index in [4.69, 9.17) is 5.26 Å². The normalized spacial score (nSPS) is 9.86. The van der Waals surface area contributed by atoms with Gasteiger partial charge < -0.3 is 15.6 Å². The Bertz CT molecular complexity index is 728. The van der Waals surface area contributed by atoms with E-state index in [9.17, 15) is 9.59 Å². The molecule has 2 amide bonds. The first-order valence-corrected chi connectivity index (χ1v) is 7.70. The maximum Gasteiger partial charge on any atom is 0.272 e. The lowest BCUT2D eigenvalue weighted by molar-refractivity contribution is 0.0957. The van der Waals surface area contributed by atoms with Crippen LogP contribution in [0.2, 0.25) is 0 Å². The molecule has 8 heteroatoms. The Labute approximate surface area is 143 Å². The Morgan fingerprint density at radius 1 is 1.18 bits per heavy atom. The van der Waals surface area contributed by atoms with Gasteiger partial charge in [-0.3, -0.25) is 9.59 Å². The van der Waals surface area contributed by atoms with Gasteiger partial charge in [-0.1, -0.05) is 0 Å². The molecule has 0 aliphatic carbocycles. The number of carbonyl (C=O) groups excluding carboxylic acids is 2. The number of anilines is 1. The molecular formula is C14H10Br2N4O2. The van der Waals surface area contributed by atoms with Crippen LogP contribution >= 0.6 is 31.9 Å². The molecule has 2 rings (SSSR count). The fourth-order valence-corrected chi connectivity index (χ4v) is 2.31. The lowest BCUT2D eigenvalue weighted by Crippen LogP contribution is -2.23. The Balaban J connectivity index is 2.03. The van der Waals surface area contributed by atoms with E-state index in [0.717, 1.165) is 4.47 Å². The molecule has 0 bridgehead atoms. The third-order valence-electron chi connectivity index (χ3n) is 2.70. The zero-order valence-corrected chi connectivity index (χ0v) is 14.3. The van der Waals surface area contributed by atoms with E-state index in [-0.39, 0.29) is 18.4 Å². The van der Waals surface area contributed by atoms with Crippen molar-refractivity contribution in [1.82, 2.24) is 10.3 Å². The average Bonchev–Trinajstić information content (AvgIpc) is 2.85. The first-order valence-electron chi connectivity index (χ1n) is 6.12. The van der Waals surface area contributed by atoms with Crippen molar-refractivity contribution in [2.24, 2.45) is 0 Å². The molecule has 0 radical (unpaired) electrons. The molecule has 0 aliphatic rings. The van der Waals surface area contributed by atoms with Crippen LogP contribution in [0.25, 0.3) is 0 Å². The molecule has 1 aromatic carbocycles. The first kappa shape index (κ1) is 16.3. The highest BCUT2D eigenvalue weighted by Gasteiger charge is 2.12. The summed E-state index contributed by atoms with van der Waals surface area (Å²) in [5, 5.41) is 13.6. The van der Waals surface area contributed by atoms with Gasteiger partial charge in [0.25, 0.3) is 11.8 Å². The lowest BCUT2D eigenvalue weighted by Gasteiger charge is -2.05. The maximum absolute atomic E-state index is 12.0. The van der Waals surface area contributed by atoms with Gasteiger partial charge in [-0.25, -0.2) is 0 Å². The quantitative estimate of drug-likeness (QED) is 0.656. The Morgan fingerprint density at radius 2 is 1.86 bits per heavy atom. The summed E-state index contributed by atoms with van der Waals surface area (Å²) in [5.74, 6) is -0.635. The van der Waals surface area contributed by atoms with E-state index >= 15 is 0 Å². The van der Waals surface area contributed by atoms with E-state index in [1.807, 2.05) is 6.07 Å². The summed E-state index contributed by atoms with van der Waals surface area (Å²) < 4.78 is 1.43. The largest absolute Gasteiger partial charge is 0.344 e. The number of H-pyrrole nitrogens is 1. The van der Waals surface area contributed by atoms with Gasteiger partial charge in [0, 0.05) is 11.3 Å². The average molecular weight is 426 g/mol. The number of hydrogen-bond acceptors (Lipinski definition) is 3. The standard InChI is InChI=1S/C14H10Br2N4O2/c15-10-7-11(20-12(10)16)14(22)19-9-3-1-8(2-4-9)13(21)18-6-5-17/h1-4,7,20H,6H2,(H,18,21)(H,19,22). The van der Waals surface area contributed by atoms with Crippen molar-refractivity contribution in [3.8, 4) is 6.07 Å². The second-order valence-electron chi connectivity index (χ2n) is 4.22. The Hall–Kier alpha value is -2.11. The molecule has 6 nitrogen and oxygen atoms in total. The van der Waals surface area contributed by atoms with Gasteiger partial charge in [-0.2, -0.15) is 5.26 Å². The monoisotopic (exact) mass is 424 g/mol. The van der Waals surface area contributed by atoms with Crippen LogP contribution < -0.4 is 10.6 Å². The molecule has 22 heavy (non-hydrogen) atoms. The zero-order chi connectivity index (χ0) is 16.1. The molecule has 0 atom stereocenters. The third-order valence-corrected chi connectivity index (χ3v) is 4.49. The van der Waals surface area contributed by atoms with E-state index in [0.29, 0.717) is 21.5 Å². The second-order valence-corrected chi connectivity index (χ2v) is 5.86. The van der Waals surface area contributed by atoms with Crippen molar-refractivity contribution >= 4 is 49.4 Å². The van der Waals surface area contributed by atoms with E-state index in [2.05, 4.69) is 47.5 Å². The van der Waals surface area contributed by atoms with E-state index in [1.54, 1.807) is 30.3 Å². The van der Waals surface area contributed by atoms with Gasteiger partial charge in [-0.15, -0.1) is 0 Å². The molecule has 112 valence electrons. The number of nitrogens with zero attached hydrogens (tertiary/aromatic N) is 1. The SMILES string of the molecule is N#CCNC(=O)c1ccc(NC(=O)c2cc(Br)c(Br)[nH]2)cc1. The minimum atomic E-state index is -0.336. The van der Waals surface area contributed by atoms with Crippen molar-refractivity contribution < 1.29 is 9.59 Å². The number of aromatic nitrogens is 1. The molecular weight excluding hydrogens is 416 g/mol. The summed E-state index contributed by atoms with van der Waals surface area (Å²) in [6, 6.07) is 9.87. The summed E-state index contributed by atoms with van der Waals surface area (Å²) in [7, 11) is 0. The number of benzene rings is 1. The summed E-state index contributed by atoms with van der Waals surface area (Å²) >= 11 is 6.56. The molecule has 1 heterocycles. The predicted molar refractivity (Wildman–Crippen MR) is 88.5 cm³/mol. The van der Waals surface area contributed by atoms with Gasteiger partial charge in [0.2, 0.25) is 0 Å². The number of hydrogen-bond donors (Lipinski definition) is 3. The van der Waals surface area contributed by atoms with Crippen LogP contribution in [-0.4, -0.2) is 23.3 Å². The van der Waals surface area contributed by atoms with Crippen LogP contribution in [-0.2, 0) is 0 Å². The number of amides is 2. The minimum Gasteiger partial charge on any atom is -0.344 e. The van der Waals surface area contributed by atoms with E-state index in [1.165, 1.54) is 0 Å². The van der Waals surface area contributed by atoms with Crippen molar-refractivity contribution in [1.29, 1.82) is 5.26 Å². The first-order chi connectivity index (χ1) is 10.5. The number of nitriles is 1. The van der Waals surface area contributed by atoms with Crippen molar-refractivity contribution in [2.75, 3.05) is 11.9 Å². The third kappa shape index (κ3) is 3.96. The predicted octanol–water partition coefficient (Wildman–Crippen LogP) is 3.05. The minimum absolute atomic E-state index is 0.0477. The number of halogens is 2. The van der Waals surface area contributed by atoms with Gasteiger partial charge in [-0.05, 0) is 62.2 Å². The fraction of sp³-hybridized carbons (Fsp3) is 0.0714. The summed E-state index contributed by atoms with van der Waals surface area (Å²) in [5.41, 5.74) is 1.37. The van der Waals surface area contributed by atoms with Crippen LogP contribution in [0, 0.1) is 11.3 Å². The van der Waals surface area contributed by atoms with Crippen molar-refractivity contribution in [3.63, 3.8) is 0 Å². The molecule has 0 saturated heterocycles. The van der Waals surface area contributed by atoms with Gasteiger partial charge >= 0.3 is 0 Å². The molecule has 1 aromatic heterocycles. The van der Waals surface area contributed by atoms with Crippen molar-refractivity contribution in [3.05, 3.63) is 50.7 Å². The van der Waals surface area contributed by atoms with Crippen LogP contribution in [0.4, 0.5) is 5.69 Å². The molecule has 0 spiro atoms. The van der Waals surface area contributed by atoms with Gasteiger partial charge in [0.05, 0.1) is 15.1 Å². The van der Waals surface area contributed by atoms with Crippen LogP contribution in [0.3, 0.4) is 0 Å². The summed E-state index contributed by atoms with van der Waals surface area (Å²) in [6.45, 7) is -0.0477. The maximum atomic E-state index is 12.0. The van der Waals surface area contributed by atoms with E-state index < -0.39 is 0 Å². The molecule has 3 N–H and O–H groups in total. The number of nitrogens with one attached hydrogen (secondary N) is 3. The lowest BCUT2D eigenvalue weighted by atomic mass is 10.2. The smallest absolute Gasteiger partial charge is 0.272 e. The second kappa shape index (κ2) is 7.24. The molecule has 0 unspecified atom stereocenters. The van der Waals surface area contributed by atoms with Crippen LogP contribution in [0.5, 0.6) is 0 Å². The Kier molecular flexibility index (Phi) is 5.35. The zero-order valence-electron chi connectivity index (χ0n) is 11.1. The van der Waals surface area contributed by atoms with Crippen LogP contribution in [0.15, 0.2) is 39.4 Å². The fourth-order valence-electron chi connectivity index (χ4n) is 1.65. The molecule has 0 saturated carbocycles. The molecule has 0 aliphatic heterocycles. The summed E-state index contributed by atoms with van der Waals surface area (Å²) in [4.78, 5) is 26.6. The number of carbonyl (C=O) groups is 2. The van der Waals surface area contributed by atoms with Crippen molar-refractivity contribution in [2.45, 2.75) is 0 Å². The topological polar surface area (TPSA) is 97.8 Å². The Morgan fingerprint density at radius 3 is 2.41 bits per heavy atom. The highest BCUT2D eigenvalue weighted by molar-refractivity contribution is 9.13. The van der Waals surface area contributed by atoms with Gasteiger partial charge in [0.15, 0.2) is 0 Å². The molecule has 0 fully saturated rings. The highest BCUT2D eigenvalue weighted by atomic mass is 79.9. The summed E-state index contributed by atoms with van der Waals surface area (Å²) in [6.07, 6.45) is 0. The number of aromatic amines is 1. The van der Waals surface area contributed by atoms with Gasteiger partial charge in [0.1, 0.15) is 12.2 Å². The highest BCUT2D eigenvalue weighted by Crippen LogP contribution is 2.23. The number of rotatable bonds is 4.